The zero-order valence-electron chi connectivity index (χ0n) is 11.0. The minimum Gasteiger partial charge on any atom is -0.479 e. The molecule has 0 aliphatic carbocycles. The number of carboxylic acids is 1. The number of rotatable bonds is 4. The number of carboxylic acid groups (broad SMARTS) is 1. The maximum Gasteiger partial charge on any atom is 0.329 e. The van der Waals surface area contributed by atoms with E-state index in [9.17, 15) is 20.0 Å². The third-order valence-corrected chi connectivity index (χ3v) is 4.39. The summed E-state index contributed by atoms with van der Waals surface area (Å²) in [4.78, 5) is 24.1. The van der Waals surface area contributed by atoms with Crippen LogP contribution in [-0.4, -0.2) is 28.1 Å². The van der Waals surface area contributed by atoms with Gasteiger partial charge in [0.05, 0.1) is 4.92 Å². The molecule has 2 rings (SSSR count). The Balaban J connectivity index is 2.55. The van der Waals surface area contributed by atoms with Gasteiger partial charge in [0.15, 0.2) is 0 Å². The Bertz CT molecular complexity index is 563. The normalized spacial score (nSPS) is 22.0. The van der Waals surface area contributed by atoms with Crippen LogP contribution in [0.25, 0.3) is 0 Å². The summed E-state index contributed by atoms with van der Waals surface area (Å²) in [6.45, 7) is 2.32. The lowest BCUT2D eigenvalue weighted by atomic mass is 9.92. The average molecular weight is 343 g/mol. The van der Waals surface area contributed by atoms with E-state index in [0.29, 0.717) is 36.0 Å². The number of carbonyl (C=O) groups is 1. The molecule has 1 heterocycles. The maximum atomic E-state index is 11.7. The van der Waals surface area contributed by atoms with Gasteiger partial charge in [0, 0.05) is 17.1 Å². The van der Waals surface area contributed by atoms with Gasteiger partial charge in [-0.1, -0.05) is 22.9 Å². The molecule has 0 saturated carbocycles. The first kappa shape index (κ1) is 14.8. The topological polar surface area (TPSA) is 83.7 Å². The molecule has 6 nitrogen and oxygen atoms in total. The lowest BCUT2D eigenvalue weighted by Crippen LogP contribution is -2.50. The van der Waals surface area contributed by atoms with E-state index in [-0.39, 0.29) is 5.69 Å². The molecule has 0 radical (unpaired) electrons. The lowest BCUT2D eigenvalue weighted by molar-refractivity contribution is -0.384. The van der Waals surface area contributed by atoms with Crippen molar-refractivity contribution in [1.82, 2.24) is 0 Å². The maximum absolute atomic E-state index is 11.7. The molecule has 1 aliphatic heterocycles. The van der Waals surface area contributed by atoms with Crippen molar-refractivity contribution < 1.29 is 14.8 Å². The van der Waals surface area contributed by atoms with E-state index >= 15 is 0 Å². The molecule has 20 heavy (non-hydrogen) atoms. The average Bonchev–Trinajstić information content (AvgIpc) is 2.83. The molecule has 108 valence electrons. The van der Waals surface area contributed by atoms with Crippen LogP contribution in [0.5, 0.6) is 0 Å². The third-order valence-electron chi connectivity index (χ3n) is 3.90. The Morgan fingerprint density at radius 1 is 1.60 bits per heavy atom. The molecule has 0 amide bonds. The fraction of sp³-hybridized carbons (Fsp3) is 0.462. The van der Waals surface area contributed by atoms with Crippen LogP contribution in [0.3, 0.4) is 0 Å². The van der Waals surface area contributed by atoms with Gasteiger partial charge in [0.2, 0.25) is 0 Å². The minimum absolute atomic E-state index is 0.0691. The number of nitro benzene ring substituents is 1. The number of anilines is 1. The molecule has 0 aromatic heterocycles. The van der Waals surface area contributed by atoms with Gasteiger partial charge in [0.25, 0.3) is 5.69 Å². The highest BCUT2D eigenvalue weighted by atomic mass is 79.9. The molecule has 1 unspecified atom stereocenters. The van der Waals surface area contributed by atoms with Gasteiger partial charge in [-0.2, -0.15) is 0 Å². The summed E-state index contributed by atoms with van der Waals surface area (Å²) in [5, 5.41) is 20.8. The molecule has 1 fully saturated rings. The third kappa shape index (κ3) is 2.26. The van der Waals surface area contributed by atoms with E-state index in [2.05, 4.69) is 15.9 Å². The van der Waals surface area contributed by atoms with Gasteiger partial charge < -0.3 is 10.0 Å². The van der Waals surface area contributed by atoms with E-state index in [1.54, 1.807) is 24.0 Å². The second kappa shape index (κ2) is 5.40. The van der Waals surface area contributed by atoms with E-state index < -0.39 is 16.4 Å². The van der Waals surface area contributed by atoms with Gasteiger partial charge in [-0.3, -0.25) is 10.1 Å². The van der Waals surface area contributed by atoms with Crippen LogP contribution in [0.4, 0.5) is 11.4 Å². The molecule has 1 aromatic rings. The molecular formula is C13H15BrN2O4. The van der Waals surface area contributed by atoms with Crippen molar-refractivity contribution in [3.05, 3.63) is 32.8 Å². The highest BCUT2D eigenvalue weighted by Gasteiger charge is 2.47. The zero-order chi connectivity index (χ0) is 14.9. The van der Waals surface area contributed by atoms with Gasteiger partial charge in [-0.05, 0) is 31.4 Å². The number of benzene rings is 1. The van der Waals surface area contributed by atoms with Crippen LogP contribution in [0, 0.1) is 10.1 Å². The van der Waals surface area contributed by atoms with Crippen molar-refractivity contribution in [3.63, 3.8) is 0 Å². The van der Waals surface area contributed by atoms with Crippen molar-refractivity contribution >= 4 is 33.3 Å². The molecule has 7 heteroatoms. The quantitative estimate of drug-likeness (QED) is 0.670. The van der Waals surface area contributed by atoms with Crippen LogP contribution in [0.1, 0.15) is 26.2 Å². The number of halogens is 1. The number of hydrogen-bond donors (Lipinski definition) is 1. The summed E-state index contributed by atoms with van der Waals surface area (Å²) in [5.74, 6) is -0.922. The fourth-order valence-electron chi connectivity index (χ4n) is 2.84. The Morgan fingerprint density at radius 2 is 2.30 bits per heavy atom. The highest BCUT2D eigenvalue weighted by molar-refractivity contribution is 9.10. The molecule has 1 N–H and O–H groups in total. The van der Waals surface area contributed by atoms with Crippen molar-refractivity contribution in [3.8, 4) is 0 Å². The van der Waals surface area contributed by atoms with Crippen LogP contribution in [0.2, 0.25) is 0 Å². The van der Waals surface area contributed by atoms with Gasteiger partial charge in [0.1, 0.15) is 11.2 Å². The summed E-state index contributed by atoms with van der Waals surface area (Å²) in [6, 6.07) is 4.72. The van der Waals surface area contributed by atoms with E-state index in [4.69, 9.17) is 0 Å². The Morgan fingerprint density at radius 3 is 2.85 bits per heavy atom. The standard InChI is InChI=1S/C13H15BrN2O4/c1-2-13(12(17)18)6-3-7-15(13)10-5-4-9(14)8-11(10)16(19)20/h4-5,8H,2-3,6-7H2,1H3,(H,17,18). The molecule has 1 atom stereocenters. The van der Waals surface area contributed by atoms with Gasteiger partial charge in [-0.15, -0.1) is 0 Å². The summed E-state index contributed by atoms with van der Waals surface area (Å²) < 4.78 is 0.601. The minimum atomic E-state index is -1.04. The number of nitrogens with zero attached hydrogens (tertiary/aromatic N) is 2. The lowest BCUT2D eigenvalue weighted by Gasteiger charge is -2.35. The summed E-state index contributed by atoms with van der Waals surface area (Å²) in [7, 11) is 0. The smallest absolute Gasteiger partial charge is 0.329 e. The van der Waals surface area contributed by atoms with Crippen LogP contribution < -0.4 is 4.90 Å². The molecule has 1 saturated heterocycles. The van der Waals surface area contributed by atoms with E-state index in [1.807, 2.05) is 0 Å². The van der Waals surface area contributed by atoms with Crippen molar-refractivity contribution in [2.24, 2.45) is 0 Å². The first-order chi connectivity index (χ1) is 9.42. The first-order valence-electron chi connectivity index (χ1n) is 6.37. The van der Waals surface area contributed by atoms with E-state index in [0.717, 1.165) is 0 Å². The fourth-order valence-corrected chi connectivity index (χ4v) is 3.19. The SMILES string of the molecule is CCC1(C(=O)O)CCCN1c1ccc(Br)cc1[N+](=O)[O-]. The number of nitro groups is 1. The second-order valence-electron chi connectivity index (χ2n) is 4.84. The van der Waals surface area contributed by atoms with Crippen molar-refractivity contribution in [2.45, 2.75) is 31.7 Å². The molecular weight excluding hydrogens is 328 g/mol. The van der Waals surface area contributed by atoms with E-state index in [1.165, 1.54) is 6.07 Å². The van der Waals surface area contributed by atoms with Gasteiger partial charge >= 0.3 is 5.97 Å². The first-order valence-corrected chi connectivity index (χ1v) is 7.16. The van der Waals surface area contributed by atoms with Gasteiger partial charge in [-0.25, -0.2) is 4.79 Å². The molecule has 0 bridgehead atoms. The Kier molecular flexibility index (Phi) is 3.99. The Hall–Kier alpha value is -1.63. The summed E-state index contributed by atoms with van der Waals surface area (Å²) in [5.41, 5.74) is -0.737. The summed E-state index contributed by atoms with van der Waals surface area (Å²) in [6.07, 6.45) is 1.63. The van der Waals surface area contributed by atoms with Crippen LogP contribution in [0.15, 0.2) is 22.7 Å². The number of hydrogen-bond acceptors (Lipinski definition) is 4. The zero-order valence-corrected chi connectivity index (χ0v) is 12.6. The molecule has 0 spiro atoms. The molecule has 1 aliphatic rings. The highest BCUT2D eigenvalue weighted by Crippen LogP contribution is 2.41. The van der Waals surface area contributed by atoms with Crippen molar-refractivity contribution in [2.75, 3.05) is 11.4 Å². The van der Waals surface area contributed by atoms with Crippen molar-refractivity contribution in [1.29, 1.82) is 0 Å². The predicted octanol–water partition coefficient (Wildman–Crippen LogP) is 3.19. The van der Waals surface area contributed by atoms with Crippen LogP contribution >= 0.6 is 15.9 Å². The number of aliphatic carboxylic acids is 1. The molecule has 1 aromatic carbocycles. The largest absolute Gasteiger partial charge is 0.479 e. The Labute approximate surface area is 124 Å². The summed E-state index contributed by atoms with van der Waals surface area (Å²) >= 11 is 3.21. The predicted molar refractivity (Wildman–Crippen MR) is 78.0 cm³/mol. The second-order valence-corrected chi connectivity index (χ2v) is 5.75. The van der Waals surface area contributed by atoms with Crippen LogP contribution in [-0.2, 0) is 4.79 Å². The monoisotopic (exact) mass is 342 g/mol.